The summed E-state index contributed by atoms with van der Waals surface area (Å²) in [5.74, 6) is -0.446. The summed E-state index contributed by atoms with van der Waals surface area (Å²) >= 11 is 0. The second-order valence-corrected chi connectivity index (χ2v) is 6.58. The molecular formula is C25H23NO3. The second-order valence-electron chi connectivity index (χ2n) is 6.58. The predicted molar refractivity (Wildman–Crippen MR) is 111 cm³/mol. The highest BCUT2D eigenvalue weighted by Gasteiger charge is 2.42. The lowest BCUT2D eigenvalue weighted by Gasteiger charge is -2.38. The number of benzene rings is 3. The van der Waals surface area contributed by atoms with Crippen LogP contribution in [0.2, 0.25) is 0 Å². The van der Waals surface area contributed by atoms with Crippen LogP contribution in [0.1, 0.15) is 36.1 Å². The van der Waals surface area contributed by atoms with Crippen molar-refractivity contribution < 1.29 is 14.3 Å². The van der Waals surface area contributed by atoms with Crippen LogP contribution in [0.5, 0.6) is 0 Å². The molecule has 0 spiro atoms. The van der Waals surface area contributed by atoms with Gasteiger partial charge in [-0.15, -0.1) is 0 Å². The Morgan fingerprint density at radius 3 is 1.97 bits per heavy atom. The van der Waals surface area contributed by atoms with E-state index in [-0.39, 0.29) is 6.61 Å². The summed E-state index contributed by atoms with van der Waals surface area (Å²) in [6, 6.07) is 28.9. The molecule has 0 aliphatic carbocycles. The van der Waals surface area contributed by atoms with Crippen LogP contribution in [0.3, 0.4) is 0 Å². The molecule has 4 heteroatoms. The van der Waals surface area contributed by atoms with Gasteiger partial charge >= 0.3 is 5.97 Å². The van der Waals surface area contributed by atoms with E-state index in [4.69, 9.17) is 9.47 Å². The highest BCUT2D eigenvalue weighted by atomic mass is 16.6. The third-order valence-corrected chi connectivity index (χ3v) is 4.76. The lowest BCUT2D eigenvalue weighted by atomic mass is 9.78. The van der Waals surface area contributed by atoms with Gasteiger partial charge in [-0.3, -0.25) is 0 Å². The first-order chi connectivity index (χ1) is 14.1. The largest absolute Gasteiger partial charge is 0.464 e. The number of carbonyl (C=O) groups is 1. The standard InChI is InChI=1S/C25H23NO3/c1-3-28-24(27)19(2)29-25(21-13-6-4-7-14-21,22-15-8-5-9-16-22)23-17-11-10-12-20(23)18-26/h4-17,19H,3H2,1-2H3. The van der Waals surface area contributed by atoms with Crippen molar-refractivity contribution in [3.05, 3.63) is 107 Å². The van der Waals surface area contributed by atoms with Gasteiger partial charge in [0, 0.05) is 5.56 Å². The van der Waals surface area contributed by atoms with E-state index in [1.54, 1.807) is 19.9 Å². The molecule has 3 aromatic rings. The van der Waals surface area contributed by atoms with E-state index in [1.807, 2.05) is 78.9 Å². The van der Waals surface area contributed by atoms with Gasteiger partial charge in [0.05, 0.1) is 18.2 Å². The summed E-state index contributed by atoms with van der Waals surface area (Å²) in [6.07, 6.45) is -0.845. The molecule has 3 aromatic carbocycles. The number of hydrogen-bond donors (Lipinski definition) is 0. The third kappa shape index (κ3) is 4.06. The van der Waals surface area contributed by atoms with Crippen LogP contribution >= 0.6 is 0 Å². The molecule has 0 amide bonds. The van der Waals surface area contributed by atoms with Crippen LogP contribution in [0.25, 0.3) is 0 Å². The molecule has 0 fully saturated rings. The van der Waals surface area contributed by atoms with E-state index in [0.29, 0.717) is 11.1 Å². The van der Waals surface area contributed by atoms with Crippen molar-refractivity contribution in [3.8, 4) is 6.07 Å². The summed E-state index contributed by atoms with van der Waals surface area (Å²) in [5.41, 5.74) is 1.66. The molecule has 0 aliphatic heterocycles. The normalized spacial score (nSPS) is 12.0. The van der Waals surface area contributed by atoms with Gasteiger partial charge in [-0.05, 0) is 31.0 Å². The van der Waals surface area contributed by atoms with Crippen LogP contribution in [0.4, 0.5) is 0 Å². The Morgan fingerprint density at radius 1 is 0.931 bits per heavy atom. The monoisotopic (exact) mass is 385 g/mol. The summed E-state index contributed by atoms with van der Waals surface area (Å²) in [4.78, 5) is 12.5. The minimum absolute atomic E-state index is 0.269. The smallest absolute Gasteiger partial charge is 0.335 e. The highest BCUT2D eigenvalue weighted by Crippen LogP contribution is 2.42. The number of esters is 1. The van der Waals surface area contributed by atoms with Crippen LogP contribution in [-0.2, 0) is 19.9 Å². The second kappa shape index (κ2) is 9.18. The zero-order chi connectivity index (χ0) is 20.7. The number of ether oxygens (including phenoxy) is 2. The number of nitriles is 1. The van der Waals surface area contributed by atoms with Gasteiger partial charge in [-0.1, -0.05) is 78.9 Å². The van der Waals surface area contributed by atoms with E-state index in [2.05, 4.69) is 6.07 Å². The average molecular weight is 385 g/mol. The van der Waals surface area contributed by atoms with Gasteiger partial charge in [0.1, 0.15) is 5.60 Å². The maximum absolute atomic E-state index is 12.5. The fourth-order valence-electron chi connectivity index (χ4n) is 3.48. The fraction of sp³-hybridized carbons (Fsp3) is 0.200. The van der Waals surface area contributed by atoms with Crippen molar-refractivity contribution in [1.29, 1.82) is 5.26 Å². The van der Waals surface area contributed by atoms with Gasteiger partial charge in [0.15, 0.2) is 6.10 Å². The van der Waals surface area contributed by atoms with Crippen LogP contribution in [0, 0.1) is 11.3 Å². The molecule has 0 heterocycles. The molecule has 1 unspecified atom stereocenters. The summed E-state index contributed by atoms with van der Waals surface area (Å²) in [6.45, 7) is 3.70. The van der Waals surface area contributed by atoms with Crippen molar-refractivity contribution >= 4 is 5.97 Å². The van der Waals surface area contributed by atoms with Crippen molar-refractivity contribution in [2.24, 2.45) is 0 Å². The van der Waals surface area contributed by atoms with E-state index < -0.39 is 17.7 Å². The molecule has 1 atom stereocenters. The molecule has 3 rings (SSSR count). The quantitative estimate of drug-likeness (QED) is 0.432. The lowest BCUT2D eigenvalue weighted by molar-refractivity contribution is -0.162. The molecule has 0 radical (unpaired) electrons. The maximum Gasteiger partial charge on any atom is 0.335 e. The zero-order valence-electron chi connectivity index (χ0n) is 16.5. The number of carbonyl (C=O) groups excluding carboxylic acids is 1. The Balaban J connectivity index is 2.31. The molecule has 0 saturated heterocycles. The Hall–Kier alpha value is -3.42. The maximum atomic E-state index is 12.5. The van der Waals surface area contributed by atoms with E-state index in [9.17, 15) is 10.1 Å². The molecule has 0 saturated carbocycles. The Bertz CT molecular complexity index is 954. The molecule has 4 nitrogen and oxygen atoms in total. The van der Waals surface area contributed by atoms with Crippen molar-refractivity contribution in [2.45, 2.75) is 25.6 Å². The third-order valence-electron chi connectivity index (χ3n) is 4.76. The van der Waals surface area contributed by atoms with Gasteiger partial charge in [-0.2, -0.15) is 5.26 Å². The first-order valence-electron chi connectivity index (χ1n) is 9.58. The predicted octanol–water partition coefficient (Wildman–Crippen LogP) is 4.82. The van der Waals surface area contributed by atoms with E-state index in [0.717, 1.165) is 11.1 Å². The Morgan fingerprint density at radius 2 is 1.45 bits per heavy atom. The minimum atomic E-state index is -1.15. The van der Waals surface area contributed by atoms with E-state index >= 15 is 0 Å². The first kappa shape index (κ1) is 20.3. The molecule has 0 aliphatic rings. The van der Waals surface area contributed by atoms with Crippen molar-refractivity contribution in [2.75, 3.05) is 6.61 Å². The van der Waals surface area contributed by atoms with E-state index in [1.165, 1.54) is 0 Å². The van der Waals surface area contributed by atoms with Crippen molar-refractivity contribution in [3.63, 3.8) is 0 Å². The summed E-state index contributed by atoms with van der Waals surface area (Å²) in [7, 11) is 0. The highest BCUT2D eigenvalue weighted by molar-refractivity contribution is 5.74. The van der Waals surface area contributed by atoms with Gasteiger partial charge in [0.25, 0.3) is 0 Å². The summed E-state index contributed by atoms with van der Waals surface area (Å²) in [5, 5.41) is 9.81. The van der Waals surface area contributed by atoms with Crippen LogP contribution < -0.4 is 0 Å². The molecule has 29 heavy (non-hydrogen) atoms. The van der Waals surface area contributed by atoms with Gasteiger partial charge in [0.2, 0.25) is 0 Å². The number of rotatable bonds is 7. The van der Waals surface area contributed by atoms with Crippen LogP contribution in [0.15, 0.2) is 84.9 Å². The SMILES string of the molecule is CCOC(=O)C(C)OC(c1ccccc1)(c1ccccc1)c1ccccc1C#N. The fourth-order valence-corrected chi connectivity index (χ4v) is 3.48. The van der Waals surface area contributed by atoms with Crippen LogP contribution in [-0.4, -0.2) is 18.7 Å². The Kier molecular flexibility index (Phi) is 6.43. The number of hydrogen-bond acceptors (Lipinski definition) is 4. The number of nitrogens with zero attached hydrogens (tertiary/aromatic N) is 1. The minimum Gasteiger partial charge on any atom is -0.464 e. The zero-order valence-corrected chi connectivity index (χ0v) is 16.5. The average Bonchev–Trinajstić information content (AvgIpc) is 2.78. The Labute approximate surface area is 171 Å². The van der Waals surface area contributed by atoms with Gasteiger partial charge in [-0.25, -0.2) is 4.79 Å². The lowest BCUT2D eigenvalue weighted by Crippen LogP contribution is -2.40. The summed E-state index contributed by atoms with van der Waals surface area (Å²) < 4.78 is 11.7. The topological polar surface area (TPSA) is 59.3 Å². The molecule has 146 valence electrons. The molecular weight excluding hydrogens is 362 g/mol. The van der Waals surface area contributed by atoms with Crippen molar-refractivity contribution in [1.82, 2.24) is 0 Å². The molecule has 0 N–H and O–H groups in total. The molecule has 0 aromatic heterocycles. The first-order valence-corrected chi connectivity index (χ1v) is 9.58. The van der Waals surface area contributed by atoms with Gasteiger partial charge < -0.3 is 9.47 Å². The molecule has 0 bridgehead atoms.